The van der Waals surface area contributed by atoms with Crippen LogP contribution < -0.4 is 21.7 Å². The van der Waals surface area contributed by atoms with Crippen LogP contribution >= 0.6 is 0 Å². The monoisotopic (exact) mass is 973 g/mol. The fourth-order valence-electron chi connectivity index (χ4n) is 7.20. The van der Waals surface area contributed by atoms with E-state index in [0.29, 0.717) is 90.7 Å². The van der Waals surface area contributed by atoms with Crippen molar-refractivity contribution in [2.45, 2.75) is 219 Å². The van der Waals surface area contributed by atoms with E-state index in [9.17, 15) is 48.6 Å². The maximum absolute atomic E-state index is 12.2. The second kappa shape index (κ2) is 45.4. The number of hydrogen-bond acceptors (Lipinski definition) is 12. The Kier molecular flexibility index (Phi) is 44.2. The summed E-state index contributed by atoms with van der Waals surface area (Å²) in [6.07, 6.45) is 20.4. The van der Waals surface area contributed by atoms with Gasteiger partial charge in [0.1, 0.15) is 24.2 Å². The number of rotatable bonds is 46. The third kappa shape index (κ3) is 42.1. The third-order valence-corrected chi connectivity index (χ3v) is 11.6. The molecule has 0 heterocycles. The molecule has 0 radical (unpaired) electrons. The first-order valence-corrected chi connectivity index (χ1v) is 25.6. The van der Waals surface area contributed by atoms with Crippen molar-refractivity contribution in [3.8, 4) is 0 Å². The first kappa shape index (κ1) is 66.1. The number of nitrogens with one attached hydrogen (secondary N) is 3. The number of carboxylic acids is 3. The van der Waals surface area contributed by atoms with Crippen molar-refractivity contribution in [3.63, 3.8) is 0 Å². The average molecular weight is 973 g/mol. The largest absolute Gasteiger partial charge is 0.481 e. The predicted octanol–water partition coefficient (Wildman–Crippen LogP) is 6.65. The molecule has 0 bridgehead atoms. The average Bonchev–Trinajstić information content (AvgIpc) is 3.28. The van der Waals surface area contributed by atoms with Crippen LogP contribution in [0.5, 0.6) is 0 Å². The number of aliphatic hydroxyl groups excluding tert-OH is 1. The van der Waals surface area contributed by atoms with Crippen molar-refractivity contribution < 1.29 is 68.3 Å². The summed E-state index contributed by atoms with van der Waals surface area (Å²) in [5.41, 5.74) is 5.92. The van der Waals surface area contributed by atoms with Crippen molar-refractivity contribution >= 4 is 47.2 Å². The molecule has 0 spiro atoms. The van der Waals surface area contributed by atoms with Gasteiger partial charge in [-0.25, -0.2) is 4.79 Å². The highest BCUT2D eigenvalue weighted by Crippen LogP contribution is 2.18. The number of carbonyl (C=O) groups is 8. The lowest BCUT2D eigenvalue weighted by atomic mass is 9.89. The zero-order valence-corrected chi connectivity index (χ0v) is 42.2. The number of aliphatic carboxylic acids is 3. The second-order valence-corrected chi connectivity index (χ2v) is 17.9. The molecule has 5 atom stereocenters. The van der Waals surface area contributed by atoms with Crippen molar-refractivity contribution in [3.05, 3.63) is 0 Å². The first-order chi connectivity index (χ1) is 32.5. The Bertz CT molecular complexity index is 1380. The van der Waals surface area contributed by atoms with Gasteiger partial charge in [0.25, 0.3) is 0 Å². The molecule has 0 aliphatic heterocycles. The van der Waals surface area contributed by atoms with Crippen molar-refractivity contribution in [2.24, 2.45) is 17.6 Å². The fraction of sp³-hybridized carbons (Fsp3) is 0.840. The van der Waals surface area contributed by atoms with Gasteiger partial charge in [-0.2, -0.15) is 0 Å². The molecule has 0 unspecified atom stereocenters. The summed E-state index contributed by atoms with van der Waals surface area (Å²) < 4.78 is 10.3. The number of ketones is 2. The molecule has 0 fully saturated rings. The van der Waals surface area contributed by atoms with Gasteiger partial charge in [0.2, 0.25) is 17.7 Å². The van der Waals surface area contributed by atoms with Crippen LogP contribution in [-0.2, 0) is 47.8 Å². The standard InChI is InChI=1S/C26H47NO6.C24H45N3O8/c1-2-17-22(28)20-21-23(26(32)33)27-24(29)18-15-13-11-9-7-5-3-4-6-8-10-12-14-16-19-25(30)31;1-4-34-13-14-35-16-22(30)26-11-8-6-10-20(25)23(31)27-12-7-5-9-17(2)21(29)15-19(18(3)28)24(32)33/h23H,2-21H2,1H3,(H,27,29)(H,30,31)(H,32,33);17-20,28H,4-16,25H2,1-3H3,(H,26,30)(H,27,31)(H,32,33)/t23-;17-,18+,19-,20-/m00/s1. The maximum atomic E-state index is 12.2. The number of carboxylic acid groups (broad SMARTS) is 3. The maximum Gasteiger partial charge on any atom is 0.326 e. The van der Waals surface area contributed by atoms with E-state index in [1.165, 1.54) is 58.3 Å². The molecule has 0 aliphatic carbocycles. The summed E-state index contributed by atoms with van der Waals surface area (Å²) in [6, 6.07) is -1.60. The van der Waals surface area contributed by atoms with Crippen molar-refractivity contribution in [2.75, 3.05) is 39.5 Å². The molecule has 18 nitrogen and oxygen atoms in total. The first-order valence-electron chi connectivity index (χ1n) is 25.6. The molecular weight excluding hydrogens is 881 g/mol. The molecule has 0 aromatic heterocycles. The predicted molar refractivity (Wildman–Crippen MR) is 261 cm³/mol. The Morgan fingerprint density at radius 1 is 0.559 bits per heavy atom. The van der Waals surface area contributed by atoms with Crippen molar-refractivity contribution in [1.29, 1.82) is 0 Å². The van der Waals surface area contributed by atoms with Gasteiger partial charge in [0.15, 0.2) is 0 Å². The third-order valence-electron chi connectivity index (χ3n) is 11.6. The Labute approximate surface area is 406 Å². The number of ether oxygens (including phenoxy) is 2. The Balaban J connectivity index is 0. The molecule has 396 valence electrons. The SMILES string of the molecule is CCCC(=O)CC[C@H](NC(=O)CCCCCCCCCCCCCCCCC(=O)O)C(=O)O.CCOCCOCC(=O)NCCCC[C@H](N)C(=O)NCCCC[C@H](C)C(=O)C[C@H](C(=O)O)[C@@H](C)O. The van der Waals surface area contributed by atoms with E-state index in [1.54, 1.807) is 6.92 Å². The van der Waals surface area contributed by atoms with Crippen LogP contribution in [-0.4, -0.2) is 125 Å². The van der Waals surface area contributed by atoms with Crippen LogP contribution in [0.2, 0.25) is 0 Å². The summed E-state index contributed by atoms with van der Waals surface area (Å²) in [7, 11) is 0. The highest BCUT2D eigenvalue weighted by molar-refractivity contribution is 5.86. The van der Waals surface area contributed by atoms with Gasteiger partial charge >= 0.3 is 17.9 Å². The van der Waals surface area contributed by atoms with E-state index in [1.807, 2.05) is 13.8 Å². The highest BCUT2D eigenvalue weighted by atomic mass is 16.5. The quantitative estimate of drug-likeness (QED) is 0.0296. The fourth-order valence-corrected chi connectivity index (χ4v) is 7.20. The summed E-state index contributed by atoms with van der Waals surface area (Å²) in [5, 5.41) is 44.5. The molecule has 0 aromatic rings. The minimum atomic E-state index is -1.18. The summed E-state index contributed by atoms with van der Waals surface area (Å²) in [6.45, 7) is 9.28. The van der Waals surface area contributed by atoms with Crippen LogP contribution in [0.1, 0.15) is 201 Å². The van der Waals surface area contributed by atoms with Crippen LogP contribution in [0.15, 0.2) is 0 Å². The van der Waals surface area contributed by atoms with E-state index in [4.69, 9.17) is 25.4 Å². The van der Waals surface area contributed by atoms with Crippen LogP contribution in [0, 0.1) is 11.8 Å². The van der Waals surface area contributed by atoms with Gasteiger partial charge in [-0.1, -0.05) is 97.3 Å². The zero-order valence-electron chi connectivity index (χ0n) is 42.2. The van der Waals surface area contributed by atoms with Crippen molar-refractivity contribution in [1.82, 2.24) is 16.0 Å². The van der Waals surface area contributed by atoms with E-state index in [2.05, 4.69) is 16.0 Å². The summed E-state index contributed by atoms with van der Waals surface area (Å²) in [5.74, 6) is -5.16. The Morgan fingerprint density at radius 2 is 1.07 bits per heavy atom. The molecule has 0 aromatic carbocycles. The highest BCUT2D eigenvalue weighted by Gasteiger charge is 2.28. The number of hydrogen-bond donors (Lipinski definition) is 8. The molecule has 68 heavy (non-hydrogen) atoms. The number of unbranched alkanes of at least 4 members (excludes halogenated alkanes) is 15. The number of carbonyl (C=O) groups excluding carboxylic acids is 5. The van der Waals surface area contributed by atoms with Gasteiger partial charge < -0.3 is 51.6 Å². The van der Waals surface area contributed by atoms with E-state index >= 15 is 0 Å². The normalized spacial score (nSPS) is 13.2. The van der Waals surface area contributed by atoms with E-state index in [-0.39, 0.29) is 61.1 Å². The lowest BCUT2D eigenvalue weighted by Gasteiger charge is -2.17. The number of amides is 3. The minimum absolute atomic E-state index is 0.00729. The van der Waals surface area contributed by atoms with Crippen LogP contribution in [0.4, 0.5) is 0 Å². The number of aliphatic hydroxyl groups is 1. The van der Waals surface area contributed by atoms with Gasteiger partial charge in [-0.15, -0.1) is 0 Å². The van der Waals surface area contributed by atoms with E-state index in [0.717, 1.165) is 44.9 Å². The van der Waals surface area contributed by atoms with Gasteiger partial charge in [0.05, 0.1) is 31.3 Å². The van der Waals surface area contributed by atoms with E-state index < -0.39 is 42.0 Å². The lowest BCUT2D eigenvalue weighted by molar-refractivity contribution is -0.148. The number of nitrogens with two attached hydrogens (primary N) is 1. The molecule has 3 amide bonds. The van der Waals surface area contributed by atoms with Crippen LogP contribution in [0.25, 0.3) is 0 Å². The van der Waals surface area contributed by atoms with Gasteiger partial charge in [-0.3, -0.25) is 33.6 Å². The van der Waals surface area contributed by atoms with Gasteiger partial charge in [0, 0.05) is 57.7 Å². The van der Waals surface area contributed by atoms with Crippen LogP contribution in [0.3, 0.4) is 0 Å². The van der Waals surface area contributed by atoms with Gasteiger partial charge in [-0.05, 0) is 71.6 Å². The lowest BCUT2D eigenvalue weighted by Crippen LogP contribution is -2.41. The Hall–Kier alpha value is -4.00. The Morgan fingerprint density at radius 3 is 1.57 bits per heavy atom. The summed E-state index contributed by atoms with van der Waals surface area (Å²) in [4.78, 5) is 92.3. The summed E-state index contributed by atoms with van der Waals surface area (Å²) >= 11 is 0. The molecule has 9 N–H and O–H groups in total. The smallest absolute Gasteiger partial charge is 0.326 e. The zero-order chi connectivity index (χ0) is 51.4. The molecule has 0 saturated heterocycles. The molecule has 18 heteroatoms. The number of Topliss-reactive ketones (excluding diaryl/α,β-unsaturated/α-hetero) is 2. The second-order valence-electron chi connectivity index (χ2n) is 17.9. The molecule has 0 aliphatic rings. The molecular formula is C50H92N4O14. The molecule has 0 saturated carbocycles. The molecule has 0 rings (SSSR count). The minimum Gasteiger partial charge on any atom is -0.481 e. The topological polar surface area (TPSA) is 298 Å².